The lowest BCUT2D eigenvalue weighted by atomic mass is 9.95. The molecule has 4 aliphatic rings. The van der Waals surface area contributed by atoms with Gasteiger partial charge < -0.3 is 19.7 Å². The molecule has 1 aliphatic carbocycles. The molecule has 10 nitrogen and oxygen atoms in total. The monoisotopic (exact) mass is 529 g/mol. The SMILES string of the molecule is CC(=O)NCC1OC(=O)N2c3ccc(-c4ccc(C5(C#N)C6CN(C(=O)OC(C)(C)C)CC65)nc4)cc3C[C@@H]12. The maximum absolute atomic E-state index is 12.5. The smallest absolute Gasteiger partial charge is 0.415 e. The van der Waals surface area contributed by atoms with Crippen LogP contribution in [0.1, 0.15) is 39.0 Å². The number of likely N-dealkylation sites (tertiary alicyclic amines) is 1. The number of cyclic esters (lactones) is 1. The quantitative estimate of drug-likeness (QED) is 0.644. The molecule has 1 saturated carbocycles. The molecule has 1 aromatic heterocycles. The van der Waals surface area contributed by atoms with Gasteiger partial charge in [0.15, 0.2) is 0 Å². The van der Waals surface area contributed by atoms with Crippen LogP contribution >= 0.6 is 0 Å². The van der Waals surface area contributed by atoms with Crippen molar-refractivity contribution >= 4 is 23.8 Å². The molecule has 1 N–H and O–H groups in total. The molecule has 10 heteroatoms. The first kappa shape index (κ1) is 25.2. The number of aromatic nitrogens is 1. The maximum Gasteiger partial charge on any atom is 0.415 e. The number of fused-ring (bicyclic) bond motifs is 4. The van der Waals surface area contributed by atoms with E-state index < -0.39 is 23.2 Å². The highest BCUT2D eigenvalue weighted by Gasteiger charge is 2.71. The summed E-state index contributed by atoms with van der Waals surface area (Å²) in [6, 6.07) is 12.2. The molecule has 3 unspecified atom stereocenters. The lowest BCUT2D eigenvalue weighted by Gasteiger charge is -2.27. The molecular weight excluding hydrogens is 498 g/mol. The summed E-state index contributed by atoms with van der Waals surface area (Å²) in [7, 11) is 0. The van der Waals surface area contributed by atoms with Gasteiger partial charge in [-0.15, -0.1) is 0 Å². The lowest BCUT2D eigenvalue weighted by molar-refractivity contribution is -0.119. The van der Waals surface area contributed by atoms with E-state index in [1.54, 1.807) is 16.0 Å². The summed E-state index contributed by atoms with van der Waals surface area (Å²) >= 11 is 0. The fourth-order valence-corrected chi connectivity index (χ4v) is 6.40. The van der Waals surface area contributed by atoms with Crippen molar-refractivity contribution < 1.29 is 23.9 Å². The molecule has 4 heterocycles. The van der Waals surface area contributed by atoms with E-state index in [4.69, 9.17) is 14.5 Å². The van der Waals surface area contributed by atoms with Gasteiger partial charge in [0.2, 0.25) is 5.91 Å². The van der Waals surface area contributed by atoms with Gasteiger partial charge in [0.25, 0.3) is 0 Å². The molecule has 2 aromatic rings. The van der Waals surface area contributed by atoms with Crippen molar-refractivity contribution in [3.8, 4) is 17.2 Å². The number of carbonyl (C=O) groups excluding carboxylic acids is 3. The Bertz CT molecular complexity index is 1400. The van der Waals surface area contributed by atoms with Gasteiger partial charge in [-0.05, 0) is 56.5 Å². The zero-order chi connectivity index (χ0) is 27.7. The third-order valence-corrected chi connectivity index (χ3v) is 8.27. The summed E-state index contributed by atoms with van der Waals surface area (Å²) in [5.41, 5.74) is 3.25. The van der Waals surface area contributed by atoms with E-state index in [-0.39, 0.29) is 36.4 Å². The molecule has 0 spiro atoms. The predicted molar refractivity (Wildman–Crippen MR) is 141 cm³/mol. The van der Waals surface area contributed by atoms with Crippen molar-refractivity contribution in [2.24, 2.45) is 11.8 Å². The van der Waals surface area contributed by atoms with Crippen LogP contribution in [0.15, 0.2) is 36.5 Å². The highest BCUT2D eigenvalue weighted by atomic mass is 16.6. The van der Waals surface area contributed by atoms with Gasteiger partial charge in [-0.3, -0.25) is 14.7 Å². The summed E-state index contributed by atoms with van der Waals surface area (Å²) in [4.78, 5) is 44.4. The molecule has 0 bridgehead atoms. The number of rotatable bonds is 4. The zero-order valence-corrected chi connectivity index (χ0v) is 22.4. The molecule has 3 fully saturated rings. The first-order chi connectivity index (χ1) is 18.5. The van der Waals surface area contributed by atoms with E-state index in [1.165, 1.54) is 6.92 Å². The summed E-state index contributed by atoms with van der Waals surface area (Å²) in [5, 5.41) is 12.9. The van der Waals surface area contributed by atoms with Crippen LogP contribution in [0.25, 0.3) is 11.1 Å². The number of benzene rings is 1. The second-order valence-corrected chi connectivity index (χ2v) is 11.9. The normalized spacial score (nSPS) is 28.2. The second kappa shape index (κ2) is 8.70. The summed E-state index contributed by atoms with van der Waals surface area (Å²) < 4.78 is 11.0. The molecule has 0 radical (unpaired) electrons. The average Bonchev–Trinajstić information content (AvgIpc) is 3.25. The minimum atomic E-state index is -0.678. The Balaban J connectivity index is 1.16. The number of nitrogens with one attached hydrogen (secondary N) is 1. The largest absolute Gasteiger partial charge is 0.444 e. The van der Waals surface area contributed by atoms with Gasteiger partial charge in [0.1, 0.15) is 17.1 Å². The third-order valence-electron chi connectivity index (χ3n) is 8.27. The van der Waals surface area contributed by atoms with Gasteiger partial charge in [0.05, 0.1) is 30.0 Å². The van der Waals surface area contributed by atoms with Crippen molar-refractivity contribution in [1.82, 2.24) is 15.2 Å². The summed E-state index contributed by atoms with van der Waals surface area (Å²) in [6.07, 6.45) is 1.30. The second-order valence-electron chi connectivity index (χ2n) is 11.9. The van der Waals surface area contributed by atoms with Crippen LogP contribution in [0.3, 0.4) is 0 Å². The Labute approximate surface area is 226 Å². The summed E-state index contributed by atoms with van der Waals surface area (Å²) in [5.74, 6) is -0.0642. The Morgan fingerprint density at radius 3 is 2.54 bits per heavy atom. The van der Waals surface area contributed by atoms with E-state index in [2.05, 4.69) is 17.5 Å². The number of nitrogens with zero attached hydrogens (tertiary/aromatic N) is 4. The Morgan fingerprint density at radius 2 is 1.92 bits per heavy atom. The minimum Gasteiger partial charge on any atom is -0.444 e. The average molecular weight is 530 g/mol. The van der Waals surface area contributed by atoms with Crippen molar-refractivity contribution in [1.29, 1.82) is 5.26 Å². The first-order valence-corrected chi connectivity index (χ1v) is 13.2. The van der Waals surface area contributed by atoms with Gasteiger partial charge in [-0.2, -0.15) is 5.26 Å². The van der Waals surface area contributed by atoms with Crippen LogP contribution in [0.5, 0.6) is 0 Å². The molecule has 2 saturated heterocycles. The fourth-order valence-electron chi connectivity index (χ4n) is 6.40. The van der Waals surface area contributed by atoms with E-state index in [1.807, 2.05) is 45.0 Å². The fraction of sp³-hybridized carbons (Fsp3) is 0.483. The molecular formula is C29H31N5O5. The van der Waals surface area contributed by atoms with Gasteiger partial charge in [-0.25, -0.2) is 9.59 Å². The molecule has 6 rings (SSSR count). The topological polar surface area (TPSA) is 125 Å². The van der Waals surface area contributed by atoms with E-state index in [9.17, 15) is 19.6 Å². The molecule has 3 amide bonds. The van der Waals surface area contributed by atoms with E-state index >= 15 is 0 Å². The van der Waals surface area contributed by atoms with E-state index in [0.717, 1.165) is 28.1 Å². The number of carbonyl (C=O) groups is 3. The zero-order valence-electron chi connectivity index (χ0n) is 22.4. The molecule has 202 valence electrons. The number of pyridine rings is 1. The molecule has 4 atom stereocenters. The number of hydrogen-bond acceptors (Lipinski definition) is 7. The van der Waals surface area contributed by atoms with E-state index in [0.29, 0.717) is 19.5 Å². The van der Waals surface area contributed by atoms with Crippen LogP contribution in [0.4, 0.5) is 15.3 Å². The van der Waals surface area contributed by atoms with Crippen LogP contribution in [0.2, 0.25) is 0 Å². The number of nitriles is 1. The third kappa shape index (κ3) is 4.08. The Morgan fingerprint density at radius 1 is 1.21 bits per heavy atom. The molecule has 1 aromatic carbocycles. The van der Waals surface area contributed by atoms with Gasteiger partial charge in [-0.1, -0.05) is 12.1 Å². The highest BCUT2D eigenvalue weighted by molar-refractivity contribution is 5.94. The predicted octanol–water partition coefficient (Wildman–Crippen LogP) is 3.39. The minimum absolute atomic E-state index is 0.0482. The van der Waals surface area contributed by atoms with Crippen LogP contribution in [-0.2, 0) is 26.1 Å². The standard InChI is InChI=1S/C29H31N5O5/c1-16(35)31-12-24-23-10-19-9-17(5-7-22(19)34(23)27(37)38-24)18-6-8-25(32-11-18)29(15-30)20-13-33(14-21(20)29)26(36)39-28(2,3)4/h5-9,11,20-21,23-24H,10,12-14H2,1-4H3,(H,31,35)/t20?,21?,23-,24?,29?/m0/s1. The lowest BCUT2D eigenvalue weighted by Crippen LogP contribution is -2.40. The van der Waals surface area contributed by atoms with Gasteiger partial charge >= 0.3 is 12.2 Å². The van der Waals surface area contributed by atoms with Crippen molar-refractivity contribution in [2.45, 2.75) is 57.3 Å². The number of piperidine rings is 1. The highest BCUT2D eigenvalue weighted by Crippen LogP contribution is 2.63. The number of hydrogen-bond donors (Lipinski definition) is 1. The first-order valence-electron chi connectivity index (χ1n) is 13.2. The Kier molecular flexibility index (Phi) is 5.61. The van der Waals surface area contributed by atoms with Crippen LogP contribution in [-0.4, -0.2) is 65.4 Å². The van der Waals surface area contributed by atoms with Gasteiger partial charge in [0, 0.05) is 43.6 Å². The number of ether oxygens (including phenoxy) is 2. The van der Waals surface area contributed by atoms with Crippen molar-refractivity contribution in [3.63, 3.8) is 0 Å². The molecule has 3 aliphatic heterocycles. The van der Waals surface area contributed by atoms with Crippen molar-refractivity contribution in [2.75, 3.05) is 24.5 Å². The molecule has 39 heavy (non-hydrogen) atoms. The van der Waals surface area contributed by atoms with Crippen LogP contribution in [0, 0.1) is 23.2 Å². The maximum atomic E-state index is 12.5. The number of amides is 3. The van der Waals surface area contributed by atoms with Crippen molar-refractivity contribution in [3.05, 3.63) is 47.8 Å². The Hall–Kier alpha value is -4.13. The van der Waals surface area contributed by atoms with Crippen LogP contribution < -0.4 is 10.2 Å². The summed E-state index contributed by atoms with van der Waals surface area (Å²) in [6.45, 7) is 8.24. The number of anilines is 1.